The number of ketones is 1. The van der Waals surface area contributed by atoms with Crippen LogP contribution in [0.5, 0.6) is 0 Å². The number of hydrogen-bond acceptors (Lipinski definition) is 2. The molecule has 0 radical (unpaired) electrons. The predicted octanol–water partition coefficient (Wildman–Crippen LogP) is 2.67. The van der Waals surface area contributed by atoms with E-state index >= 15 is 0 Å². The highest BCUT2D eigenvalue weighted by Gasteiger charge is 2.43. The maximum absolute atomic E-state index is 12.2. The van der Waals surface area contributed by atoms with Gasteiger partial charge in [0.25, 0.3) is 0 Å². The number of rotatable bonds is 1. The van der Waals surface area contributed by atoms with Gasteiger partial charge in [-0.05, 0) is 31.6 Å². The van der Waals surface area contributed by atoms with E-state index in [9.17, 15) is 4.79 Å². The van der Waals surface area contributed by atoms with Gasteiger partial charge < -0.3 is 5.32 Å². The Hall–Kier alpha value is -0.370. The van der Waals surface area contributed by atoms with Crippen LogP contribution in [0.25, 0.3) is 0 Å². The van der Waals surface area contributed by atoms with Gasteiger partial charge in [-0.2, -0.15) is 0 Å². The average Bonchev–Trinajstić information content (AvgIpc) is 2.51. The van der Waals surface area contributed by atoms with Crippen molar-refractivity contribution in [3.63, 3.8) is 0 Å². The molecule has 2 heterocycles. The summed E-state index contributed by atoms with van der Waals surface area (Å²) in [6.07, 6.45) is 11.4. The van der Waals surface area contributed by atoms with Gasteiger partial charge in [-0.25, -0.2) is 0 Å². The maximum Gasteiger partial charge on any atom is 0.139 e. The Bertz CT molecular complexity index is 268. The van der Waals surface area contributed by atoms with Crippen molar-refractivity contribution in [1.29, 1.82) is 0 Å². The molecule has 1 N–H and O–H groups in total. The molecule has 90 valence electrons. The van der Waals surface area contributed by atoms with E-state index in [0.717, 1.165) is 6.42 Å². The summed E-state index contributed by atoms with van der Waals surface area (Å²) in [5.74, 6) is 1.65. The van der Waals surface area contributed by atoms with E-state index in [4.69, 9.17) is 0 Å². The predicted molar refractivity (Wildman–Crippen MR) is 64.3 cm³/mol. The van der Waals surface area contributed by atoms with Crippen molar-refractivity contribution in [3.05, 3.63) is 0 Å². The van der Waals surface area contributed by atoms with Crippen LogP contribution in [0.15, 0.2) is 0 Å². The zero-order chi connectivity index (χ0) is 11.0. The van der Waals surface area contributed by atoms with Crippen LogP contribution in [0.3, 0.4) is 0 Å². The van der Waals surface area contributed by atoms with E-state index in [2.05, 4.69) is 5.32 Å². The highest BCUT2D eigenvalue weighted by Crippen LogP contribution is 2.38. The molecule has 3 fully saturated rings. The summed E-state index contributed by atoms with van der Waals surface area (Å²) in [6, 6.07) is 1.06. The highest BCUT2D eigenvalue weighted by molar-refractivity contribution is 5.84. The molecule has 0 aromatic heterocycles. The molecule has 3 unspecified atom stereocenters. The second-order valence-electron chi connectivity index (χ2n) is 6.00. The van der Waals surface area contributed by atoms with Crippen LogP contribution in [-0.2, 0) is 4.79 Å². The molecule has 1 saturated carbocycles. The van der Waals surface area contributed by atoms with Gasteiger partial charge in [-0.3, -0.25) is 4.79 Å². The van der Waals surface area contributed by atoms with Crippen molar-refractivity contribution in [3.8, 4) is 0 Å². The van der Waals surface area contributed by atoms with Crippen molar-refractivity contribution in [1.82, 2.24) is 5.32 Å². The highest BCUT2D eigenvalue weighted by atomic mass is 16.1. The fourth-order valence-electron chi connectivity index (χ4n) is 4.16. The van der Waals surface area contributed by atoms with Gasteiger partial charge in [0.1, 0.15) is 5.78 Å². The van der Waals surface area contributed by atoms with Crippen LogP contribution in [0.4, 0.5) is 0 Å². The average molecular weight is 221 g/mol. The van der Waals surface area contributed by atoms with E-state index < -0.39 is 0 Å². The lowest BCUT2D eigenvalue weighted by atomic mass is 9.76. The molecule has 2 heteroatoms. The first kappa shape index (κ1) is 10.8. The lowest BCUT2D eigenvalue weighted by Gasteiger charge is -2.34. The summed E-state index contributed by atoms with van der Waals surface area (Å²) in [5, 5.41) is 3.67. The zero-order valence-electron chi connectivity index (χ0n) is 10.1. The minimum absolute atomic E-state index is 0.372. The lowest BCUT2D eigenvalue weighted by Crippen LogP contribution is -2.48. The topological polar surface area (TPSA) is 29.1 Å². The molecule has 2 nitrogen and oxygen atoms in total. The molecule has 0 spiro atoms. The summed E-state index contributed by atoms with van der Waals surface area (Å²) < 4.78 is 0. The Morgan fingerprint density at radius 1 is 0.938 bits per heavy atom. The minimum Gasteiger partial charge on any atom is -0.310 e. The third-order valence-corrected chi connectivity index (χ3v) is 4.94. The van der Waals surface area contributed by atoms with Gasteiger partial charge in [0.2, 0.25) is 0 Å². The van der Waals surface area contributed by atoms with E-state index in [1.807, 2.05) is 0 Å². The first-order valence-electron chi connectivity index (χ1n) is 7.13. The SMILES string of the molecule is O=C1CC2CCC(N2)C1C1CCCCCC1. The van der Waals surface area contributed by atoms with E-state index in [-0.39, 0.29) is 0 Å². The molecule has 3 aliphatic rings. The Labute approximate surface area is 98.2 Å². The van der Waals surface area contributed by atoms with Crippen LogP contribution in [0.2, 0.25) is 0 Å². The van der Waals surface area contributed by atoms with Crippen molar-refractivity contribution in [2.75, 3.05) is 0 Å². The monoisotopic (exact) mass is 221 g/mol. The smallest absolute Gasteiger partial charge is 0.139 e. The summed E-state index contributed by atoms with van der Waals surface area (Å²) in [6.45, 7) is 0. The van der Waals surface area contributed by atoms with Crippen LogP contribution in [-0.4, -0.2) is 17.9 Å². The van der Waals surface area contributed by atoms with Gasteiger partial charge >= 0.3 is 0 Å². The molecule has 3 rings (SSSR count). The quantitative estimate of drug-likeness (QED) is 0.690. The largest absolute Gasteiger partial charge is 0.310 e. The third-order valence-electron chi connectivity index (χ3n) is 4.94. The summed E-state index contributed by atoms with van der Waals surface area (Å²) in [5.41, 5.74) is 0. The molecule has 2 aliphatic heterocycles. The van der Waals surface area contributed by atoms with E-state index in [0.29, 0.717) is 29.7 Å². The number of piperidine rings is 1. The van der Waals surface area contributed by atoms with Crippen LogP contribution < -0.4 is 5.32 Å². The van der Waals surface area contributed by atoms with Crippen LogP contribution in [0, 0.1) is 11.8 Å². The molecule has 1 aliphatic carbocycles. The number of nitrogens with one attached hydrogen (secondary N) is 1. The maximum atomic E-state index is 12.2. The van der Waals surface area contributed by atoms with Gasteiger partial charge in [0.05, 0.1) is 0 Å². The number of carbonyl (C=O) groups excluding carboxylic acids is 1. The third kappa shape index (κ3) is 1.92. The summed E-state index contributed by atoms with van der Waals surface area (Å²) in [7, 11) is 0. The fourth-order valence-corrected chi connectivity index (χ4v) is 4.16. The number of fused-ring (bicyclic) bond motifs is 2. The Morgan fingerprint density at radius 2 is 1.69 bits per heavy atom. The van der Waals surface area contributed by atoms with Gasteiger partial charge in [-0.1, -0.05) is 25.7 Å². The molecule has 0 aromatic rings. The summed E-state index contributed by atoms with van der Waals surface area (Å²) >= 11 is 0. The standard InChI is InChI=1S/C14H23NO/c16-13-9-11-7-8-12(15-11)14(13)10-5-3-1-2-4-6-10/h10-12,14-15H,1-9H2. The lowest BCUT2D eigenvalue weighted by molar-refractivity contribution is -0.127. The van der Waals surface area contributed by atoms with E-state index in [1.54, 1.807) is 0 Å². The molecule has 0 aromatic carbocycles. The second kappa shape index (κ2) is 4.48. The van der Waals surface area contributed by atoms with E-state index in [1.165, 1.54) is 51.4 Å². The Balaban J connectivity index is 1.73. The summed E-state index contributed by atoms with van der Waals surface area (Å²) in [4.78, 5) is 12.2. The van der Waals surface area contributed by atoms with Crippen LogP contribution >= 0.6 is 0 Å². The zero-order valence-corrected chi connectivity index (χ0v) is 10.1. The number of carbonyl (C=O) groups is 1. The fraction of sp³-hybridized carbons (Fsp3) is 0.929. The molecular formula is C14H23NO. The molecule has 3 atom stereocenters. The van der Waals surface area contributed by atoms with Crippen molar-refractivity contribution < 1.29 is 4.79 Å². The van der Waals surface area contributed by atoms with Crippen molar-refractivity contribution in [2.24, 2.45) is 11.8 Å². The van der Waals surface area contributed by atoms with Gasteiger partial charge in [0.15, 0.2) is 0 Å². The number of Topliss-reactive ketones (excluding diaryl/α,β-unsaturated/α-hetero) is 1. The normalized spacial score (nSPS) is 41.0. The molecule has 16 heavy (non-hydrogen) atoms. The first-order valence-corrected chi connectivity index (χ1v) is 7.13. The molecule has 2 bridgehead atoms. The minimum atomic E-state index is 0.372. The first-order chi connectivity index (χ1) is 7.84. The molecule has 2 saturated heterocycles. The Kier molecular flexibility index (Phi) is 3.01. The molecule has 0 amide bonds. The van der Waals surface area contributed by atoms with Crippen molar-refractivity contribution in [2.45, 2.75) is 69.9 Å². The van der Waals surface area contributed by atoms with Crippen molar-refractivity contribution >= 4 is 5.78 Å². The van der Waals surface area contributed by atoms with Gasteiger partial charge in [-0.15, -0.1) is 0 Å². The van der Waals surface area contributed by atoms with Crippen LogP contribution in [0.1, 0.15) is 57.8 Å². The number of hydrogen-bond donors (Lipinski definition) is 1. The molecular weight excluding hydrogens is 198 g/mol. The Morgan fingerprint density at radius 3 is 2.44 bits per heavy atom. The van der Waals surface area contributed by atoms with Gasteiger partial charge in [0, 0.05) is 24.4 Å². The second-order valence-corrected chi connectivity index (χ2v) is 6.00.